The van der Waals surface area contributed by atoms with E-state index >= 15 is 0 Å². The van der Waals surface area contributed by atoms with Gasteiger partial charge in [-0.05, 0) is 32.6 Å². The van der Waals surface area contributed by atoms with Crippen LogP contribution in [0.5, 0.6) is 0 Å². The molecule has 2 unspecified atom stereocenters. The molecule has 1 saturated carbocycles. The summed E-state index contributed by atoms with van der Waals surface area (Å²) >= 11 is 0. The molecule has 2 fully saturated rings. The van der Waals surface area contributed by atoms with Crippen LogP contribution in [-0.2, 0) is 9.59 Å². The maximum Gasteiger partial charge on any atom is 0.307 e. The number of piperidine rings is 1. The van der Waals surface area contributed by atoms with Crippen molar-refractivity contribution in [2.45, 2.75) is 51.0 Å². The number of hydrogen-bond acceptors (Lipinski definition) is 3. The van der Waals surface area contributed by atoms with Crippen molar-refractivity contribution in [2.24, 2.45) is 11.8 Å². The summed E-state index contributed by atoms with van der Waals surface area (Å²) in [6.07, 6.45) is 4.27. The molecule has 1 heterocycles. The van der Waals surface area contributed by atoms with E-state index in [1.165, 1.54) is 0 Å². The van der Waals surface area contributed by atoms with Crippen molar-refractivity contribution in [1.29, 1.82) is 0 Å². The second kappa shape index (κ2) is 5.49. The van der Waals surface area contributed by atoms with Crippen molar-refractivity contribution in [3.8, 4) is 0 Å². The second-order valence-corrected chi connectivity index (χ2v) is 6.16. The van der Waals surface area contributed by atoms with Gasteiger partial charge in [0.25, 0.3) is 0 Å². The number of aliphatic carboxylic acids is 1. The minimum Gasteiger partial charge on any atom is -0.481 e. The van der Waals surface area contributed by atoms with E-state index < -0.39 is 17.5 Å². The van der Waals surface area contributed by atoms with Crippen LogP contribution in [0.1, 0.15) is 45.4 Å². The highest BCUT2D eigenvalue weighted by atomic mass is 16.4. The molecule has 1 aliphatic carbocycles. The highest BCUT2D eigenvalue weighted by Crippen LogP contribution is 2.33. The van der Waals surface area contributed by atoms with Gasteiger partial charge in [-0.15, -0.1) is 0 Å². The first-order valence-electron chi connectivity index (χ1n) is 7.15. The smallest absolute Gasteiger partial charge is 0.307 e. The standard InChI is InChI=1S/C14H23NO4/c1-14(19)6-8-15(9-7-14)12(16)10-4-2-3-5-11(10)13(17)18/h10-11,19H,2-9H2,1H3,(H,17,18). The van der Waals surface area contributed by atoms with Crippen molar-refractivity contribution >= 4 is 11.9 Å². The van der Waals surface area contributed by atoms with E-state index in [9.17, 15) is 19.8 Å². The number of carbonyl (C=O) groups excluding carboxylic acids is 1. The van der Waals surface area contributed by atoms with Crippen molar-refractivity contribution in [3.63, 3.8) is 0 Å². The van der Waals surface area contributed by atoms with E-state index in [1.54, 1.807) is 11.8 Å². The molecule has 2 aliphatic rings. The Morgan fingerprint density at radius 1 is 1.11 bits per heavy atom. The Labute approximate surface area is 113 Å². The second-order valence-electron chi connectivity index (χ2n) is 6.16. The van der Waals surface area contributed by atoms with Crippen molar-refractivity contribution < 1.29 is 19.8 Å². The number of likely N-dealkylation sites (tertiary alicyclic amines) is 1. The van der Waals surface area contributed by atoms with E-state index in [0.717, 1.165) is 12.8 Å². The van der Waals surface area contributed by atoms with Gasteiger partial charge in [0, 0.05) is 13.1 Å². The molecule has 1 saturated heterocycles. The Balaban J connectivity index is 2.00. The largest absolute Gasteiger partial charge is 0.481 e. The average Bonchev–Trinajstić information content (AvgIpc) is 2.38. The molecule has 19 heavy (non-hydrogen) atoms. The summed E-state index contributed by atoms with van der Waals surface area (Å²) < 4.78 is 0. The van der Waals surface area contributed by atoms with Gasteiger partial charge >= 0.3 is 5.97 Å². The van der Waals surface area contributed by atoms with Crippen LogP contribution in [0.2, 0.25) is 0 Å². The molecule has 5 nitrogen and oxygen atoms in total. The van der Waals surface area contributed by atoms with Crippen LogP contribution in [-0.4, -0.2) is 45.7 Å². The molecular formula is C14H23NO4. The summed E-state index contributed by atoms with van der Waals surface area (Å²) in [6, 6.07) is 0. The number of nitrogens with zero attached hydrogens (tertiary/aromatic N) is 1. The van der Waals surface area contributed by atoms with E-state index in [0.29, 0.717) is 38.8 Å². The first-order valence-corrected chi connectivity index (χ1v) is 7.15. The predicted molar refractivity (Wildman–Crippen MR) is 69.5 cm³/mol. The average molecular weight is 269 g/mol. The number of hydrogen-bond donors (Lipinski definition) is 2. The molecule has 0 aromatic heterocycles. The lowest BCUT2D eigenvalue weighted by Gasteiger charge is -2.39. The Morgan fingerprint density at radius 2 is 1.63 bits per heavy atom. The number of carboxylic acid groups (broad SMARTS) is 1. The normalized spacial score (nSPS) is 30.9. The van der Waals surface area contributed by atoms with Gasteiger partial charge in [0.05, 0.1) is 17.4 Å². The molecule has 2 rings (SSSR count). The van der Waals surface area contributed by atoms with E-state index in [-0.39, 0.29) is 11.8 Å². The zero-order valence-electron chi connectivity index (χ0n) is 11.5. The Morgan fingerprint density at radius 3 is 2.16 bits per heavy atom. The molecule has 0 radical (unpaired) electrons. The SMILES string of the molecule is CC1(O)CCN(C(=O)C2CCCCC2C(=O)O)CC1. The third-order valence-corrected chi connectivity index (χ3v) is 4.55. The highest BCUT2D eigenvalue weighted by molar-refractivity contribution is 5.85. The molecule has 0 bridgehead atoms. The lowest BCUT2D eigenvalue weighted by atomic mass is 9.78. The molecule has 2 N–H and O–H groups in total. The fourth-order valence-electron chi connectivity index (χ4n) is 3.17. The highest BCUT2D eigenvalue weighted by Gasteiger charge is 2.39. The molecule has 0 aromatic carbocycles. The van der Waals surface area contributed by atoms with Crippen LogP contribution in [0.15, 0.2) is 0 Å². The summed E-state index contributed by atoms with van der Waals surface area (Å²) in [6.45, 7) is 2.86. The Hall–Kier alpha value is -1.10. The monoisotopic (exact) mass is 269 g/mol. The summed E-state index contributed by atoms with van der Waals surface area (Å²) in [7, 11) is 0. The van der Waals surface area contributed by atoms with E-state index in [2.05, 4.69) is 0 Å². The lowest BCUT2D eigenvalue weighted by Crippen LogP contribution is -2.49. The maximum absolute atomic E-state index is 12.5. The van der Waals surface area contributed by atoms with Gasteiger partial charge < -0.3 is 15.1 Å². The van der Waals surface area contributed by atoms with Crippen LogP contribution >= 0.6 is 0 Å². The number of carbonyl (C=O) groups is 2. The molecule has 2 atom stereocenters. The minimum atomic E-state index is -0.845. The fraction of sp³-hybridized carbons (Fsp3) is 0.857. The van der Waals surface area contributed by atoms with Crippen LogP contribution < -0.4 is 0 Å². The van der Waals surface area contributed by atoms with Gasteiger partial charge in [-0.25, -0.2) is 0 Å². The summed E-state index contributed by atoms with van der Waals surface area (Å²) in [5, 5.41) is 19.1. The third kappa shape index (κ3) is 3.26. The maximum atomic E-state index is 12.5. The van der Waals surface area contributed by atoms with Crippen LogP contribution in [0.3, 0.4) is 0 Å². The molecule has 1 aliphatic heterocycles. The Kier molecular flexibility index (Phi) is 4.13. The summed E-state index contributed by atoms with van der Waals surface area (Å²) in [5.41, 5.74) is -0.685. The van der Waals surface area contributed by atoms with Crippen LogP contribution in [0.4, 0.5) is 0 Å². The number of amides is 1. The molecule has 0 spiro atoms. The van der Waals surface area contributed by atoms with Gasteiger partial charge in [-0.2, -0.15) is 0 Å². The molecule has 1 amide bonds. The summed E-state index contributed by atoms with van der Waals surface area (Å²) in [5.74, 6) is -1.76. The molecule has 0 aromatic rings. The zero-order valence-corrected chi connectivity index (χ0v) is 11.5. The van der Waals surface area contributed by atoms with E-state index in [1.807, 2.05) is 0 Å². The van der Waals surface area contributed by atoms with E-state index in [4.69, 9.17) is 0 Å². The van der Waals surface area contributed by atoms with Gasteiger partial charge in [0.2, 0.25) is 5.91 Å². The zero-order chi connectivity index (χ0) is 14.0. The van der Waals surface area contributed by atoms with Gasteiger partial charge in [0.15, 0.2) is 0 Å². The Bertz CT molecular complexity index is 356. The predicted octanol–water partition coefficient (Wildman–Crippen LogP) is 1.25. The lowest BCUT2D eigenvalue weighted by molar-refractivity contribution is -0.154. The van der Waals surface area contributed by atoms with Gasteiger partial charge in [-0.3, -0.25) is 9.59 Å². The number of aliphatic hydroxyl groups is 1. The minimum absolute atomic E-state index is 0.0254. The molecule has 108 valence electrons. The quantitative estimate of drug-likeness (QED) is 0.791. The number of carboxylic acids is 1. The first kappa shape index (κ1) is 14.3. The van der Waals surface area contributed by atoms with Crippen LogP contribution in [0.25, 0.3) is 0 Å². The topological polar surface area (TPSA) is 77.8 Å². The first-order chi connectivity index (χ1) is 8.91. The van der Waals surface area contributed by atoms with Crippen molar-refractivity contribution in [3.05, 3.63) is 0 Å². The molecular weight excluding hydrogens is 246 g/mol. The van der Waals surface area contributed by atoms with Crippen LogP contribution in [0, 0.1) is 11.8 Å². The third-order valence-electron chi connectivity index (χ3n) is 4.55. The molecule has 5 heteroatoms. The number of rotatable bonds is 2. The van der Waals surface area contributed by atoms with Gasteiger partial charge in [0.1, 0.15) is 0 Å². The fourth-order valence-corrected chi connectivity index (χ4v) is 3.17. The van der Waals surface area contributed by atoms with Crippen molar-refractivity contribution in [1.82, 2.24) is 4.90 Å². The summed E-state index contributed by atoms with van der Waals surface area (Å²) in [4.78, 5) is 25.4. The van der Waals surface area contributed by atoms with Gasteiger partial charge in [-0.1, -0.05) is 12.8 Å². The van der Waals surface area contributed by atoms with Crippen molar-refractivity contribution in [2.75, 3.05) is 13.1 Å².